The van der Waals surface area contributed by atoms with E-state index in [0.29, 0.717) is 0 Å². The predicted molar refractivity (Wildman–Crippen MR) is 85.4 cm³/mol. The molecule has 0 N–H and O–H groups in total. The molecule has 0 fully saturated rings. The molecule has 1 aliphatic heterocycles. The summed E-state index contributed by atoms with van der Waals surface area (Å²) in [6.45, 7) is 4.03. The van der Waals surface area contributed by atoms with Gasteiger partial charge in [-0.1, -0.05) is 30.3 Å². The Morgan fingerprint density at radius 3 is 2.48 bits per heavy atom. The minimum Gasteiger partial charge on any atom is -0.491 e. The van der Waals surface area contributed by atoms with Crippen molar-refractivity contribution in [1.82, 2.24) is 0 Å². The molecule has 1 aliphatic rings. The molecule has 0 radical (unpaired) electrons. The summed E-state index contributed by atoms with van der Waals surface area (Å²) >= 11 is 6.59. The Hall–Kier alpha value is -1.67. The summed E-state index contributed by atoms with van der Waals surface area (Å²) in [4.78, 5) is 0. The smallest absolute Gasteiger partial charge is 0.123 e. The van der Waals surface area contributed by atoms with E-state index in [1.807, 2.05) is 56.3 Å². The maximum Gasteiger partial charge on any atom is 0.123 e. The van der Waals surface area contributed by atoms with E-state index in [2.05, 4.69) is 6.07 Å². The van der Waals surface area contributed by atoms with Gasteiger partial charge in [0.1, 0.15) is 17.6 Å². The lowest BCUT2D eigenvalue weighted by atomic mass is 10.0. The zero-order chi connectivity index (χ0) is 14.8. The molecule has 0 saturated carbocycles. The topological polar surface area (TPSA) is 18.5 Å². The third-order valence-electron chi connectivity index (χ3n) is 3.57. The van der Waals surface area contributed by atoms with E-state index in [1.165, 1.54) is 5.56 Å². The van der Waals surface area contributed by atoms with Crippen LogP contribution in [0.3, 0.4) is 0 Å². The minimum absolute atomic E-state index is 0.0130. The SMILES string of the molecule is CC(C)Oc1ccc(C(Cl)C2Cc3ccccc3O2)cc1. The molecule has 0 spiro atoms. The van der Waals surface area contributed by atoms with Gasteiger partial charge in [0.15, 0.2) is 0 Å². The van der Waals surface area contributed by atoms with Crippen LogP contribution < -0.4 is 9.47 Å². The number of fused-ring (bicyclic) bond motifs is 1. The number of alkyl halides is 1. The summed E-state index contributed by atoms with van der Waals surface area (Å²) in [6, 6.07) is 16.1. The van der Waals surface area contributed by atoms with Crippen LogP contribution in [0.4, 0.5) is 0 Å². The molecule has 2 atom stereocenters. The molecule has 21 heavy (non-hydrogen) atoms. The van der Waals surface area contributed by atoms with Crippen LogP contribution in [0.15, 0.2) is 48.5 Å². The lowest BCUT2D eigenvalue weighted by Gasteiger charge is -2.18. The van der Waals surface area contributed by atoms with Crippen LogP contribution in [0, 0.1) is 0 Å². The van der Waals surface area contributed by atoms with Crippen molar-refractivity contribution in [3.05, 3.63) is 59.7 Å². The Balaban J connectivity index is 1.70. The van der Waals surface area contributed by atoms with Crippen LogP contribution >= 0.6 is 11.6 Å². The van der Waals surface area contributed by atoms with Crippen LogP contribution in [-0.4, -0.2) is 12.2 Å². The van der Waals surface area contributed by atoms with Crippen LogP contribution in [0.5, 0.6) is 11.5 Å². The number of ether oxygens (including phenoxy) is 2. The van der Waals surface area contributed by atoms with E-state index < -0.39 is 0 Å². The average molecular weight is 303 g/mol. The summed E-state index contributed by atoms with van der Waals surface area (Å²) in [5.41, 5.74) is 2.29. The molecular weight excluding hydrogens is 284 g/mol. The second-order valence-electron chi connectivity index (χ2n) is 5.61. The molecule has 0 amide bonds. The highest BCUT2D eigenvalue weighted by atomic mass is 35.5. The standard InChI is InChI=1S/C18H19ClO2/c1-12(2)20-15-9-7-13(8-10-15)18(19)17-11-14-5-3-4-6-16(14)21-17/h3-10,12,17-18H,11H2,1-2H3. The lowest BCUT2D eigenvalue weighted by molar-refractivity contribution is 0.226. The quantitative estimate of drug-likeness (QED) is 0.758. The molecule has 2 aromatic rings. The molecule has 2 unspecified atom stereocenters. The van der Waals surface area contributed by atoms with Gasteiger partial charge >= 0.3 is 0 Å². The van der Waals surface area contributed by atoms with Crippen LogP contribution in [0.2, 0.25) is 0 Å². The van der Waals surface area contributed by atoms with Gasteiger partial charge in [0.2, 0.25) is 0 Å². The fraction of sp³-hybridized carbons (Fsp3) is 0.333. The van der Waals surface area contributed by atoms with Crippen molar-refractivity contribution in [3.8, 4) is 11.5 Å². The number of benzene rings is 2. The third kappa shape index (κ3) is 3.16. The molecule has 1 heterocycles. The Labute approximate surface area is 130 Å². The zero-order valence-electron chi connectivity index (χ0n) is 12.3. The molecule has 0 saturated heterocycles. The highest BCUT2D eigenvalue weighted by molar-refractivity contribution is 6.21. The molecule has 110 valence electrons. The van der Waals surface area contributed by atoms with Gasteiger partial charge < -0.3 is 9.47 Å². The molecule has 3 rings (SSSR count). The molecular formula is C18H19ClO2. The first-order chi connectivity index (χ1) is 10.1. The van der Waals surface area contributed by atoms with Crippen LogP contribution in [-0.2, 0) is 6.42 Å². The second kappa shape index (κ2) is 5.98. The first-order valence-electron chi connectivity index (χ1n) is 7.29. The van der Waals surface area contributed by atoms with Crippen molar-refractivity contribution in [2.24, 2.45) is 0 Å². The van der Waals surface area contributed by atoms with E-state index >= 15 is 0 Å². The van der Waals surface area contributed by atoms with Crippen LogP contribution in [0.1, 0.15) is 30.4 Å². The Morgan fingerprint density at radius 1 is 1.10 bits per heavy atom. The monoisotopic (exact) mass is 302 g/mol. The number of para-hydroxylation sites is 1. The Morgan fingerprint density at radius 2 is 1.81 bits per heavy atom. The molecule has 0 aliphatic carbocycles. The van der Waals surface area contributed by atoms with Crippen molar-refractivity contribution in [1.29, 1.82) is 0 Å². The van der Waals surface area contributed by atoms with Gasteiger partial charge in [-0.05, 0) is 43.2 Å². The first kappa shape index (κ1) is 14.3. The summed E-state index contributed by atoms with van der Waals surface area (Å²) in [6.07, 6.45) is 1.02. The maximum atomic E-state index is 6.59. The average Bonchev–Trinajstić information content (AvgIpc) is 2.90. The van der Waals surface area contributed by atoms with Crippen LogP contribution in [0.25, 0.3) is 0 Å². The summed E-state index contributed by atoms with van der Waals surface area (Å²) in [5, 5.41) is -0.162. The third-order valence-corrected chi connectivity index (χ3v) is 4.10. The minimum atomic E-state index is -0.162. The second-order valence-corrected chi connectivity index (χ2v) is 6.08. The number of rotatable bonds is 4. The van der Waals surface area contributed by atoms with Crippen molar-refractivity contribution >= 4 is 11.6 Å². The van der Waals surface area contributed by atoms with E-state index in [1.54, 1.807) is 0 Å². The van der Waals surface area contributed by atoms with Gasteiger partial charge in [0.25, 0.3) is 0 Å². The summed E-state index contributed by atoms with van der Waals surface area (Å²) < 4.78 is 11.6. The molecule has 0 bridgehead atoms. The number of hydrogen-bond donors (Lipinski definition) is 0. The summed E-state index contributed by atoms with van der Waals surface area (Å²) in [5.74, 6) is 1.82. The van der Waals surface area contributed by atoms with E-state index in [-0.39, 0.29) is 17.6 Å². The van der Waals surface area contributed by atoms with Gasteiger partial charge in [-0.3, -0.25) is 0 Å². The summed E-state index contributed by atoms with van der Waals surface area (Å²) in [7, 11) is 0. The number of halogens is 1. The fourth-order valence-electron chi connectivity index (χ4n) is 2.59. The van der Waals surface area contributed by atoms with E-state index in [9.17, 15) is 0 Å². The Bertz CT molecular complexity index is 582. The van der Waals surface area contributed by atoms with Crippen molar-refractivity contribution < 1.29 is 9.47 Å². The molecule has 0 aromatic heterocycles. The first-order valence-corrected chi connectivity index (χ1v) is 7.72. The Kier molecular flexibility index (Phi) is 4.07. The van der Waals surface area contributed by atoms with Crippen molar-refractivity contribution in [3.63, 3.8) is 0 Å². The highest BCUT2D eigenvalue weighted by Crippen LogP contribution is 2.37. The normalized spacial score (nSPS) is 18.2. The van der Waals surface area contributed by atoms with Gasteiger partial charge in [0.05, 0.1) is 11.5 Å². The molecule has 3 heteroatoms. The van der Waals surface area contributed by atoms with Gasteiger partial charge in [-0.15, -0.1) is 11.6 Å². The van der Waals surface area contributed by atoms with E-state index in [0.717, 1.165) is 23.5 Å². The largest absolute Gasteiger partial charge is 0.491 e. The highest BCUT2D eigenvalue weighted by Gasteiger charge is 2.29. The molecule has 2 aromatic carbocycles. The van der Waals surface area contributed by atoms with Gasteiger partial charge in [-0.2, -0.15) is 0 Å². The van der Waals surface area contributed by atoms with Gasteiger partial charge in [0, 0.05) is 6.42 Å². The molecule has 2 nitrogen and oxygen atoms in total. The lowest BCUT2D eigenvalue weighted by Crippen LogP contribution is -2.19. The fourth-order valence-corrected chi connectivity index (χ4v) is 2.88. The predicted octanol–water partition coefficient (Wildman–Crippen LogP) is 4.76. The zero-order valence-corrected chi connectivity index (χ0v) is 13.0. The van der Waals surface area contributed by atoms with Crippen molar-refractivity contribution in [2.45, 2.75) is 37.9 Å². The van der Waals surface area contributed by atoms with Crippen molar-refractivity contribution in [2.75, 3.05) is 0 Å². The maximum absolute atomic E-state index is 6.59. The van der Waals surface area contributed by atoms with E-state index in [4.69, 9.17) is 21.1 Å². The number of hydrogen-bond acceptors (Lipinski definition) is 2. The van der Waals surface area contributed by atoms with Gasteiger partial charge in [-0.25, -0.2) is 0 Å².